The van der Waals surface area contributed by atoms with Gasteiger partial charge in [-0.25, -0.2) is 4.98 Å². The summed E-state index contributed by atoms with van der Waals surface area (Å²) in [5.74, 6) is 0.225. The van der Waals surface area contributed by atoms with E-state index in [1.165, 1.54) is 0 Å². The van der Waals surface area contributed by atoms with Crippen LogP contribution in [0.3, 0.4) is 0 Å². The van der Waals surface area contributed by atoms with Gasteiger partial charge in [0.15, 0.2) is 0 Å². The van der Waals surface area contributed by atoms with E-state index in [0.29, 0.717) is 12.2 Å². The molecule has 208 valence electrons. The molecule has 2 unspecified atom stereocenters. The summed E-state index contributed by atoms with van der Waals surface area (Å²) in [5, 5.41) is 4.02. The minimum Gasteiger partial charge on any atom is -0.361 e. The SMILES string of the molecule is CC(c1c[nH]c2ccccc12)N(C)C(=O)C=Cc1cnc2c(c1)CC(N=C(c1ccccc1)c1ccccc1)C(=O)N2. The molecule has 3 heterocycles. The molecule has 3 aromatic carbocycles. The van der Waals surface area contributed by atoms with E-state index in [2.05, 4.69) is 21.4 Å². The third-order valence-electron chi connectivity index (χ3n) is 7.74. The smallest absolute Gasteiger partial charge is 0.250 e. The van der Waals surface area contributed by atoms with E-state index in [-0.39, 0.29) is 17.9 Å². The van der Waals surface area contributed by atoms with Crippen molar-refractivity contribution in [3.8, 4) is 0 Å². The van der Waals surface area contributed by atoms with Crippen LogP contribution in [0.15, 0.2) is 114 Å². The van der Waals surface area contributed by atoms with E-state index in [4.69, 9.17) is 4.99 Å². The molecule has 1 aliphatic rings. The summed E-state index contributed by atoms with van der Waals surface area (Å²) >= 11 is 0. The monoisotopic (exact) mass is 553 g/mol. The van der Waals surface area contributed by atoms with Gasteiger partial charge in [0, 0.05) is 54.0 Å². The molecule has 5 aromatic rings. The van der Waals surface area contributed by atoms with Crippen molar-refractivity contribution < 1.29 is 9.59 Å². The number of hydrogen-bond donors (Lipinski definition) is 2. The number of nitrogens with one attached hydrogen (secondary N) is 2. The lowest BCUT2D eigenvalue weighted by Crippen LogP contribution is -2.34. The molecule has 2 amide bonds. The second kappa shape index (κ2) is 11.7. The molecule has 0 aliphatic carbocycles. The van der Waals surface area contributed by atoms with E-state index < -0.39 is 6.04 Å². The molecule has 1 aliphatic heterocycles. The highest BCUT2D eigenvalue weighted by Crippen LogP contribution is 2.28. The maximum absolute atomic E-state index is 13.1. The van der Waals surface area contributed by atoms with Gasteiger partial charge in [0.2, 0.25) is 5.91 Å². The molecule has 2 aromatic heterocycles. The van der Waals surface area contributed by atoms with E-state index in [9.17, 15) is 9.59 Å². The van der Waals surface area contributed by atoms with Crippen molar-refractivity contribution in [1.29, 1.82) is 0 Å². The van der Waals surface area contributed by atoms with Crippen LogP contribution in [0.5, 0.6) is 0 Å². The molecule has 0 bridgehead atoms. The normalized spacial score (nSPS) is 15.2. The quantitative estimate of drug-likeness (QED) is 0.186. The van der Waals surface area contributed by atoms with E-state index >= 15 is 0 Å². The van der Waals surface area contributed by atoms with Gasteiger partial charge in [0.1, 0.15) is 11.9 Å². The number of aromatic nitrogens is 2. The van der Waals surface area contributed by atoms with Crippen LogP contribution in [0.2, 0.25) is 0 Å². The summed E-state index contributed by atoms with van der Waals surface area (Å²) < 4.78 is 0. The average Bonchev–Trinajstić information content (AvgIpc) is 3.47. The zero-order chi connectivity index (χ0) is 29.1. The van der Waals surface area contributed by atoms with Crippen LogP contribution >= 0.6 is 0 Å². The average molecular weight is 554 g/mol. The van der Waals surface area contributed by atoms with Gasteiger partial charge in [-0.1, -0.05) is 78.9 Å². The Kier molecular flexibility index (Phi) is 7.47. The van der Waals surface area contributed by atoms with Gasteiger partial charge in [0.05, 0.1) is 11.8 Å². The summed E-state index contributed by atoms with van der Waals surface area (Å²) in [7, 11) is 1.80. The molecular formula is C35H31N5O2. The molecule has 6 rings (SSSR count). The number of carbonyl (C=O) groups excluding carboxylic acids is 2. The second-order valence-corrected chi connectivity index (χ2v) is 10.4. The van der Waals surface area contributed by atoms with Crippen LogP contribution in [-0.4, -0.2) is 45.5 Å². The first-order valence-corrected chi connectivity index (χ1v) is 14.0. The predicted octanol–water partition coefficient (Wildman–Crippen LogP) is 6.20. The number of aliphatic imine (C=N–C) groups is 1. The number of pyridine rings is 1. The standard InChI is InChI=1S/C35H31N5O2/c1-23(29-22-36-30-16-10-9-15-28(29)30)40(2)32(41)18-17-24-19-27-20-31(35(42)39-34(27)37-21-24)38-33(25-11-5-3-6-12-25)26-13-7-4-8-14-26/h3-19,21-23,31,36H,20H2,1-2H3,(H,37,39,42). The van der Waals surface area contributed by atoms with Crippen molar-refractivity contribution >= 4 is 40.3 Å². The van der Waals surface area contributed by atoms with Crippen LogP contribution in [0.25, 0.3) is 17.0 Å². The first-order valence-electron chi connectivity index (χ1n) is 14.0. The molecule has 0 radical (unpaired) electrons. The number of rotatable bonds is 7. The van der Waals surface area contributed by atoms with Crippen molar-refractivity contribution in [2.75, 3.05) is 12.4 Å². The summed E-state index contributed by atoms with van der Waals surface area (Å²) in [6, 6.07) is 29.1. The molecular weight excluding hydrogens is 522 g/mol. The van der Waals surface area contributed by atoms with Crippen LogP contribution in [0, 0.1) is 0 Å². The van der Waals surface area contributed by atoms with Gasteiger partial charge in [0.25, 0.3) is 5.91 Å². The Hall–Kier alpha value is -5.30. The minimum atomic E-state index is -0.612. The third kappa shape index (κ3) is 5.49. The first-order chi connectivity index (χ1) is 20.5. The van der Waals surface area contributed by atoms with Gasteiger partial charge in [-0.15, -0.1) is 0 Å². The number of likely N-dealkylation sites (N-methyl/N-ethyl adjacent to an activating group) is 1. The number of nitrogens with zero attached hydrogens (tertiary/aromatic N) is 3. The van der Waals surface area contributed by atoms with Gasteiger partial charge in [-0.2, -0.15) is 0 Å². The van der Waals surface area contributed by atoms with E-state index in [0.717, 1.165) is 44.4 Å². The Balaban J connectivity index is 1.21. The number of fused-ring (bicyclic) bond motifs is 2. The highest BCUT2D eigenvalue weighted by molar-refractivity contribution is 6.14. The van der Waals surface area contributed by atoms with Crippen molar-refractivity contribution in [1.82, 2.24) is 14.9 Å². The molecule has 7 heteroatoms. The Morgan fingerprint density at radius 1 is 1.00 bits per heavy atom. The van der Waals surface area contributed by atoms with Crippen LogP contribution in [0.4, 0.5) is 5.82 Å². The van der Waals surface area contributed by atoms with E-state index in [1.54, 1.807) is 30.3 Å². The largest absolute Gasteiger partial charge is 0.361 e. The van der Waals surface area contributed by atoms with Crippen molar-refractivity contribution in [2.24, 2.45) is 4.99 Å². The van der Waals surface area contributed by atoms with Crippen LogP contribution < -0.4 is 5.32 Å². The molecule has 0 saturated carbocycles. The lowest BCUT2D eigenvalue weighted by Gasteiger charge is -2.24. The fraction of sp³-hybridized carbons (Fsp3) is 0.143. The second-order valence-electron chi connectivity index (χ2n) is 10.4. The minimum absolute atomic E-state index is 0.114. The summed E-state index contributed by atoms with van der Waals surface area (Å²) in [6.45, 7) is 2.02. The lowest BCUT2D eigenvalue weighted by molar-refractivity contribution is -0.126. The fourth-order valence-electron chi connectivity index (χ4n) is 5.28. The molecule has 7 nitrogen and oxygen atoms in total. The zero-order valence-corrected chi connectivity index (χ0v) is 23.5. The van der Waals surface area contributed by atoms with Crippen molar-refractivity contribution in [3.63, 3.8) is 0 Å². The van der Waals surface area contributed by atoms with Crippen LogP contribution in [-0.2, 0) is 16.0 Å². The van der Waals surface area contributed by atoms with Gasteiger partial charge in [-0.05, 0) is 41.8 Å². The number of para-hydroxylation sites is 1. The van der Waals surface area contributed by atoms with Crippen molar-refractivity contribution in [2.45, 2.75) is 25.4 Å². The Labute approximate surface area is 244 Å². The fourth-order valence-corrected chi connectivity index (χ4v) is 5.28. The Bertz CT molecular complexity index is 1770. The highest BCUT2D eigenvalue weighted by Gasteiger charge is 2.28. The molecule has 0 fully saturated rings. The maximum Gasteiger partial charge on any atom is 0.250 e. The number of H-pyrrole nitrogens is 1. The van der Waals surface area contributed by atoms with Crippen LogP contribution in [0.1, 0.15) is 40.8 Å². The molecule has 42 heavy (non-hydrogen) atoms. The number of benzene rings is 3. The molecule has 2 atom stereocenters. The number of carbonyl (C=O) groups is 2. The van der Waals surface area contributed by atoms with Gasteiger partial charge < -0.3 is 15.2 Å². The first kappa shape index (κ1) is 26.9. The van der Waals surface area contributed by atoms with E-state index in [1.807, 2.05) is 98.0 Å². The third-order valence-corrected chi connectivity index (χ3v) is 7.74. The summed E-state index contributed by atoms with van der Waals surface area (Å²) in [4.78, 5) is 40.6. The van der Waals surface area contributed by atoms with Crippen molar-refractivity contribution in [3.05, 3.63) is 137 Å². The molecule has 0 saturated heterocycles. The maximum atomic E-state index is 13.1. The molecule has 2 N–H and O–H groups in total. The topological polar surface area (TPSA) is 90.5 Å². The number of aromatic amines is 1. The predicted molar refractivity (Wildman–Crippen MR) is 167 cm³/mol. The zero-order valence-electron chi connectivity index (χ0n) is 23.5. The number of amides is 2. The lowest BCUT2D eigenvalue weighted by atomic mass is 9.98. The summed E-state index contributed by atoms with van der Waals surface area (Å²) in [6.07, 6.45) is 7.36. The Morgan fingerprint density at radius 2 is 1.67 bits per heavy atom. The summed E-state index contributed by atoms with van der Waals surface area (Å²) in [5.41, 5.74) is 6.42. The highest BCUT2D eigenvalue weighted by atomic mass is 16.2. The Morgan fingerprint density at radius 3 is 2.38 bits per heavy atom. The van der Waals surface area contributed by atoms with Gasteiger partial charge in [-0.3, -0.25) is 14.6 Å². The van der Waals surface area contributed by atoms with Gasteiger partial charge >= 0.3 is 0 Å². The number of hydrogen-bond acceptors (Lipinski definition) is 4. The number of anilines is 1. The molecule has 0 spiro atoms.